The van der Waals surface area contributed by atoms with Crippen molar-refractivity contribution >= 4 is 17.6 Å². The van der Waals surface area contributed by atoms with Gasteiger partial charge in [-0.25, -0.2) is 9.18 Å². The number of aryl methyl sites for hydroxylation is 1. The molecule has 4 nitrogen and oxygen atoms in total. The maximum atomic E-state index is 13.7. The standard InChI is InChI=1S/C13H12ClFN2O2/c1-7-12(13(18)19)8(2)17(16-7)6-9-3-4-10(14)5-11(9)15/h3-5H,6H2,1-2H3,(H,18,19). The molecule has 0 radical (unpaired) electrons. The van der Waals surface area contributed by atoms with E-state index in [9.17, 15) is 9.18 Å². The Morgan fingerprint density at radius 2 is 2.16 bits per heavy atom. The summed E-state index contributed by atoms with van der Waals surface area (Å²) in [5, 5.41) is 13.5. The molecular formula is C13H12ClFN2O2. The zero-order chi connectivity index (χ0) is 14.2. The van der Waals surface area contributed by atoms with E-state index in [1.165, 1.54) is 10.7 Å². The van der Waals surface area contributed by atoms with Crippen molar-refractivity contribution in [2.24, 2.45) is 0 Å². The molecule has 1 aromatic carbocycles. The van der Waals surface area contributed by atoms with E-state index < -0.39 is 11.8 Å². The number of rotatable bonds is 3. The fourth-order valence-electron chi connectivity index (χ4n) is 1.97. The summed E-state index contributed by atoms with van der Waals surface area (Å²) in [7, 11) is 0. The highest BCUT2D eigenvalue weighted by atomic mass is 35.5. The monoisotopic (exact) mass is 282 g/mol. The fourth-order valence-corrected chi connectivity index (χ4v) is 2.13. The quantitative estimate of drug-likeness (QED) is 0.941. The molecule has 0 saturated heterocycles. The minimum absolute atomic E-state index is 0.161. The van der Waals surface area contributed by atoms with Gasteiger partial charge in [0.15, 0.2) is 0 Å². The van der Waals surface area contributed by atoms with Crippen LogP contribution in [-0.4, -0.2) is 20.9 Å². The predicted molar refractivity (Wildman–Crippen MR) is 69.2 cm³/mol. The molecule has 2 aromatic rings. The lowest BCUT2D eigenvalue weighted by molar-refractivity contribution is 0.0695. The van der Waals surface area contributed by atoms with Gasteiger partial charge in [0.25, 0.3) is 0 Å². The molecule has 2 rings (SSSR count). The van der Waals surface area contributed by atoms with Crippen LogP contribution in [0.5, 0.6) is 0 Å². The normalized spacial score (nSPS) is 10.7. The van der Waals surface area contributed by atoms with Crippen molar-refractivity contribution in [1.82, 2.24) is 9.78 Å². The third-order valence-electron chi connectivity index (χ3n) is 2.93. The maximum Gasteiger partial charge on any atom is 0.339 e. The van der Waals surface area contributed by atoms with Crippen molar-refractivity contribution in [3.8, 4) is 0 Å². The molecular weight excluding hydrogens is 271 g/mol. The van der Waals surface area contributed by atoms with E-state index in [-0.39, 0.29) is 12.1 Å². The van der Waals surface area contributed by atoms with Crippen LogP contribution in [0.4, 0.5) is 4.39 Å². The highest BCUT2D eigenvalue weighted by Gasteiger charge is 2.18. The second-order valence-corrected chi connectivity index (χ2v) is 4.68. The summed E-state index contributed by atoms with van der Waals surface area (Å²) in [5.41, 5.74) is 1.49. The summed E-state index contributed by atoms with van der Waals surface area (Å²) in [5.74, 6) is -1.46. The molecule has 0 spiro atoms. The van der Waals surface area contributed by atoms with Crippen molar-refractivity contribution in [2.45, 2.75) is 20.4 Å². The topological polar surface area (TPSA) is 55.1 Å². The van der Waals surface area contributed by atoms with Crippen LogP contribution >= 0.6 is 11.6 Å². The number of halogens is 2. The average molecular weight is 283 g/mol. The van der Waals surface area contributed by atoms with Crippen LogP contribution in [0, 0.1) is 19.7 Å². The van der Waals surface area contributed by atoms with Gasteiger partial charge >= 0.3 is 5.97 Å². The van der Waals surface area contributed by atoms with Crippen molar-refractivity contribution in [1.29, 1.82) is 0 Å². The van der Waals surface area contributed by atoms with Crippen molar-refractivity contribution in [2.75, 3.05) is 0 Å². The van der Waals surface area contributed by atoms with Gasteiger partial charge in [-0.05, 0) is 26.0 Å². The van der Waals surface area contributed by atoms with Crippen LogP contribution in [0.1, 0.15) is 27.3 Å². The molecule has 0 amide bonds. The first-order chi connectivity index (χ1) is 8.90. The van der Waals surface area contributed by atoms with Crippen LogP contribution in [0.2, 0.25) is 5.02 Å². The maximum absolute atomic E-state index is 13.7. The van der Waals surface area contributed by atoms with Crippen LogP contribution in [0.15, 0.2) is 18.2 Å². The SMILES string of the molecule is Cc1nn(Cc2ccc(Cl)cc2F)c(C)c1C(=O)O. The Morgan fingerprint density at radius 1 is 1.47 bits per heavy atom. The number of hydrogen-bond acceptors (Lipinski definition) is 2. The van der Waals surface area contributed by atoms with Crippen LogP contribution in [0.3, 0.4) is 0 Å². The van der Waals surface area contributed by atoms with E-state index in [1.807, 2.05) is 0 Å². The molecule has 0 aliphatic rings. The Hall–Kier alpha value is -1.88. The number of hydrogen-bond donors (Lipinski definition) is 1. The van der Waals surface area contributed by atoms with Crippen molar-refractivity contribution < 1.29 is 14.3 Å². The molecule has 1 N–H and O–H groups in total. The van der Waals surface area contributed by atoms with E-state index in [1.54, 1.807) is 26.0 Å². The zero-order valence-corrected chi connectivity index (χ0v) is 11.2. The minimum atomic E-state index is -1.03. The third-order valence-corrected chi connectivity index (χ3v) is 3.17. The summed E-state index contributed by atoms with van der Waals surface area (Å²) < 4.78 is 15.2. The van der Waals surface area contributed by atoms with Crippen LogP contribution in [0.25, 0.3) is 0 Å². The number of carboxylic acids is 1. The number of carbonyl (C=O) groups is 1. The molecule has 0 aliphatic heterocycles. The summed E-state index contributed by atoms with van der Waals surface area (Å²) in [6.45, 7) is 3.44. The lowest BCUT2D eigenvalue weighted by Gasteiger charge is -2.06. The lowest BCUT2D eigenvalue weighted by Crippen LogP contribution is -2.07. The fraction of sp³-hybridized carbons (Fsp3) is 0.231. The number of aromatic nitrogens is 2. The second-order valence-electron chi connectivity index (χ2n) is 4.24. The first kappa shape index (κ1) is 13.5. The van der Waals surface area contributed by atoms with Gasteiger partial charge in [-0.1, -0.05) is 17.7 Å². The highest BCUT2D eigenvalue weighted by Crippen LogP contribution is 2.18. The first-order valence-corrected chi connectivity index (χ1v) is 5.99. The van der Waals surface area contributed by atoms with E-state index in [0.29, 0.717) is 22.0 Å². The molecule has 0 saturated carbocycles. The molecule has 100 valence electrons. The van der Waals surface area contributed by atoms with E-state index >= 15 is 0 Å². The summed E-state index contributed by atoms with van der Waals surface area (Å²) in [4.78, 5) is 11.1. The van der Waals surface area contributed by atoms with Gasteiger partial charge in [-0.15, -0.1) is 0 Å². The summed E-state index contributed by atoms with van der Waals surface area (Å²) >= 11 is 5.68. The van der Waals surface area contributed by atoms with Gasteiger partial charge in [0.2, 0.25) is 0 Å². The number of aromatic carboxylic acids is 1. The molecule has 6 heteroatoms. The van der Waals surface area contributed by atoms with Gasteiger partial charge < -0.3 is 5.11 Å². The molecule has 1 aromatic heterocycles. The molecule has 0 fully saturated rings. The predicted octanol–water partition coefficient (Wildman–Crippen LogP) is 3.04. The van der Waals surface area contributed by atoms with Crippen molar-refractivity contribution in [3.63, 3.8) is 0 Å². The first-order valence-electron chi connectivity index (χ1n) is 5.61. The van der Waals surface area contributed by atoms with E-state index in [2.05, 4.69) is 5.10 Å². The van der Waals surface area contributed by atoms with Crippen LogP contribution in [-0.2, 0) is 6.54 Å². The number of benzene rings is 1. The second kappa shape index (κ2) is 5.01. The van der Waals surface area contributed by atoms with Gasteiger partial charge in [0.05, 0.1) is 17.9 Å². The Labute approximate surface area is 114 Å². The average Bonchev–Trinajstić information content (AvgIpc) is 2.58. The lowest BCUT2D eigenvalue weighted by atomic mass is 10.2. The molecule has 0 atom stereocenters. The summed E-state index contributed by atoms with van der Waals surface area (Å²) in [6, 6.07) is 4.37. The molecule has 1 heterocycles. The van der Waals surface area contributed by atoms with E-state index in [4.69, 9.17) is 16.7 Å². The van der Waals surface area contributed by atoms with Gasteiger partial charge in [-0.2, -0.15) is 5.10 Å². The molecule has 0 bridgehead atoms. The third kappa shape index (κ3) is 2.61. The smallest absolute Gasteiger partial charge is 0.339 e. The number of carboxylic acid groups (broad SMARTS) is 1. The zero-order valence-electron chi connectivity index (χ0n) is 10.4. The van der Waals surface area contributed by atoms with Gasteiger partial charge in [0, 0.05) is 10.6 Å². The summed E-state index contributed by atoms with van der Waals surface area (Å²) in [6.07, 6.45) is 0. The molecule has 19 heavy (non-hydrogen) atoms. The largest absolute Gasteiger partial charge is 0.478 e. The van der Waals surface area contributed by atoms with Crippen LogP contribution < -0.4 is 0 Å². The Balaban J connectivity index is 2.39. The number of nitrogens with zero attached hydrogens (tertiary/aromatic N) is 2. The highest BCUT2D eigenvalue weighted by molar-refractivity contribution is 6.30. The minimum Gasteiger partial charge on any atom is -0.478 e. The Kier molecular flexibility index (Phi) is 3.57. The van der Waals surface area contributed by atoms with Crippen molar-refractivity contribution in [3.05, 3.63) is 51.6 Å². The van der Waals surface area contributed by atoms with E-state index in [0.717, 1.165) is 0 Å². The van der Waals surface area contributed by atoms with Gasteiger partial charge in [0.1, 0.15) is 11.4 Å². The Bertz CT molecular complexity index is 652. The molecule has 0 aliphatic carbocycles. The van der Waals surface area contributed by atoms with Gasteiger partial charge in [-0.3, -0.25) is 4.68 Å². The Morgan fingerprint density at radius 3 is 2.68 bits per heavy atom. The molecule has 0 unspecified atom stereocenters.